The number of rotatable bonds is 4. The molecule has 0 saturated heterocycles. The topological polar surface area (TPSA) is 118 Å². The number of primary amides is 1. The van der Waals surface area contributed by atoms with Crippen molar-refractivity contribution < 1.29 is 17.6 Å². The summed E-state index contributed by atoms with van der Waals surface area (Å²) in [6.45, 7) is 0. The van der Waals surface area contributed by atoms with Crippen molar-refractivity contribution in [1.29, 1.82) is 0 Å². The molecule has 0 fully saturated rings. The minimum atomic E-state index is -4.05. The van der Waals surface area contributed by atoms with Crippen LogP contribution in [0, 0.1) is 5.82 Å². The molecule has 0 aliphatic rings. The van der Waals surface area contributed by atoms with Crippen LogP contribution >= 0.6 is 0 Å². The van der Waals surface area contributed by atoms with Crippen LogP contribution in [0.5, 0.6) is 0 Å². The molecular weight excluding hydrogens is 275 g/mol. The molecule has 0 atom stereocenters. The van der Waals surface area contributed by atoms with Gasteiger partial charge in [-0.1, -0.05) is 0 Å². The molecule has 0 bridgehead atoms. The lowest BCUT2D eigenvalue weighted by molar-refractivity contribution is 0.0997. The summed E-state index contributed by atoms with van der Waals surface area (Å²) < 4.78 is 38.9. The number of hydrogen-bond donors (Lipinski definition) is 3. The molecular formula is C10H9FN4O3S. The van der Waals surface area contributed by atoms with Gasteiger partial charge in [0.1, 0.15) is 5.82 Å². The van der Waals surface area contributed by atoms with Gasteiger partial charge in [-0.25, -0.2) is 4.39 Å². The van der Waals surface area contributed by atoms with Crippen LogP contribution in [0.1, 0.15) is 10.4 Å². The Morgan fingerprint density at radius 1 is 1.32 bits per heavy atom. The Hall–Kier alpha value is -2.42. The molecule has 0 aliphatic heterocycles. The van der Waals surface area contributed by atoms with Gasteiger partial charge in [0.15, 0.2) is 5.03 Å². The van der Waals surface area contributed by atoms with Gasteiger partial charge in [-0.2, -0.15) is 13.5 Å². The highest BCUT2D eigenvalue weighted by Gasteiger charge is 2.23. The molecule has 9 heteroatoms. The zero-order chi connectivity index (χ0) is 14.0. The summed E-state index contributed by atoms with van der Waals surface area (Å²) >= 11 is 0. The van der Waals surface area contributed by atoms with Crippen LogP contribution in [0.15, 0.2) is 35.5 Å². The largest absolute Gasteiger partial charge is 0.365 e. The third-order valence-corrected chi connectivity index (χ3v) is 3.59. The summed E-state index contributed by atoms with van der Waals surface area (Å²) in [5.74, 6) is -1.42. The molecule has 4 N–H and O–H groups in total. The summed E-state index contributed by atoms with van der Waals surface area (Å²) in [6.07, 6.45) is 1.02. The van der Waals surface area contributed by atoms with E-state index in [1.807, 2.05) is 0 Å². The SMILES string of the molecule is NC(=O)c1cn[nH]c1S(=O)(=O)Nc1ccc(F)cc1. The molecule has 0 spiro atoms. The Labute approximate surface area is 107 Å². The second-order valence-corrected chi connectivity index (χ2v) is 5.21. The van der Waals surface area contributed by atoms with Crippen molar-refractivity contribution >= 4 is 21.6 Å². The Kier molecular flexibility index (Phi) is 3.21. The first-order valence-electron chi connectivity index (χ1n) is 5.02. The quantitative estimate of drug-likeness (QED) is 0.755. The summed E-state index contributed by atoms with van der Waals surface area (Å²) in [7, 11) is -4.05. The second-order valence-electron chi connectivity index (χ2n) is 3.59. The average Bonchev–Trinajstić information content (AvgIpc) is 2.82. The summed E-state index contributed by atoms with van der Waals surface area (Å²) in [4.78, 5) is 11.0. The van der Waals surface area contributed by atoms with Crippen LogP contribution < -0.4 is 10.5 Å². The fourth-order valence-corrected chi connectivity index (χ4v) is 2.54. The Morgan fingerprint density at radius 2 is 1.95 bits per heavy atom. The Morgan fingerprint density at radius 3 is 2.53 bits per heavy atom. The van der Waals surface area contributed by atoms with Gasteiger partial charge >= 0.3 is 0 Å². The van der Waals surface area contributed by atoms with E-state index < -0.39 is 26.8 Å². The van der Waals surface area contributed by atoms with Crippen LogP contribution in [0.4, 0.5) is 10.1 Å². The third kappa shape index (κ3) is 2.71. The molecule has 1 amide bonds. The third-order valence-electron chi connectivity index (χ3n) is 2.23. The number of halogens is 1. The van der Waals surface area contributed by atoms with Crippen molar-refractivity contribution in [2.45, 2.75) is 5.03 Å². The van der Waals surface area contributed by atoms with Crippen molar-refractivity contribution in [3.05, 3.63) is 41.8 Å². The number of amides is 1. The molecule has 2 rings (SSSR count). The number of nitrogens with one attached hydrogen (secondary N) is 2. The molecule has 0 aliphatic carbocycles. The minimum Gasteiger partial charge on any atom is -0.365 e. The predicted octanol–water partition coefficient (Wildman–Crippen LogP) is 0.448. The van der Waals surface area contributed by atoms with Crippen LogP contribution in [0.25, 0.3) is 0 Å². The molecule has 2 aromatic rings. The summed E-state index contributed by atoms with van der Waals surface area (Å²) in [5.41, 5.74) is 4.92. The predicted molar refractivity (Wildman–Crippen MR) is 64.3 cm³/mol. The zero-order valence-electron chi connectivity index (χ0n) is 9.42. The minimum absolute atomic E-state index is 0.145. The van der Waals surface area contributed by atoms with Crippen LogP contribution in [0.3, 0.4) is 0 Å². The number of anilines is 1. The van der Waals surface area contributed by atoms with Crippen LogP contribution in [-0.4, -0.2) is 24.5 Å². The van der Waals surface area contributed by atoms with E-state index in [0.717, 1.165) is 18.3 Å². The fourth-order valence-electron chi connectivity index (χ4n) is 1.38. The molecule has 0 radical (unpaired) electrons. The van der Waals surface area contributed by atoms with Gasteiger partial charge in [0.25, 0.3) is 15.9 Å². The van der Waals surface area contributed by atoms with Crippen molar-refractivity contribution in [3.8, 4) is 0 Å². The Bertz CT molecular complexity index is 709. The molecule has 100 valence electrons. The molecule has 1 heterocycles. The summed E-state index contributed by atoms with van der Waals surface area (Å²) in [5, 5.41) is 5.20. The van der Waals surface area contributed by atoms with E-state index in [4.69, 9.17) is 5.73 Å². The normalized spacial score (nSPS) is 11.2. The first-order chi connectivity index (χ1) is 8.90. The lowest BCUT2D eigenvalue weighted by Gasteiger charge is -2.06. The maximum absolute atomic E-state index is 12.7. The van der Waals surface area contributed by atoms with Crippen molar-refractivity contribution in [3.63, 3.8) is 0 Å². The van der Waals surface area contributed by atoms with Crippen molar-refractivity contribution in [2.75, 3.05) is 4.72 Å². The molecule has 19 heavy (non-hydrogen) atoms. The summed E-state index contributed by atoms with van der Waals surface area (Å²) in [6, 6.07) is 4.68. The molecule has 1 aromatic carbocycles. The van der Waals surface area contributed by atoms with Crippen LogP contribution in [0.2, 0.25) is 0 Å². The lowest BCUT2D eigenvalue weighted by atomic mass is 10.3. The molecule has 0 unspecified atom stereocenters. The highest BCUT2D eigenvalue weighted by molar-refractivity contribution is 7.92. The van der Waals surface area contributed by atoms with E-state index in [-0.39, 0.29) is 11.3 Å². The number of sulfonamides is 1. The van der Waals surface area contributed by atoms with Gasteiger partial charge in [-0.05, 0) is 24.3 Å². The van der Waals surface area contributed by atoms with E-state index in [1.165, 1.54) is 12.1 Å². The number of nitrogens with two attached hydrogens (primary N) is 1. The maximum Gasteiger partial charge on any atom is 0.279 e. The smallest absolute Gasteiger partial charge is 0.279 e. The van der Waals surface area contributed by atoms with Crippen molar-refractivity contribution in [1.82, 2.24) is 10.2 Å². The van der Waals surface area contributed by atoms with Gasteiger partial charge in [-0.3, -0.25) is 14.6 Å². The first-order valence-corrected chi connectivity index (χ1v) is 6.50. The van der Waals surface area contributed by atoms with Gasteiger partial charge in [-0.15, -0.1) is 0 Å². The second kappa shape index (κ2) is 4.69. The molecule has 1 aromatic heterocycles. The fraction of sp³-hybridized carbons (Fsp3) is 0. The van der Waals surface area contributed by atoms with E-state index in [2.05, 4.69) is 14.9 Å². The number of nitrogens with zero attached hydrogens (tertiary/aromatic N) is 1. The number of H-pyrrole nitrogens is 1. The zero-order valence-corrected chi connectivity index (χ0v) is 10.2. The number of carbonyl (C=O) groups excluding carboxylic acids is 1. The van der Waals surface area contributed by atoms with Crippen molar-refractivity contribution in [2.24, 2.45) is 5.73 Å². The number of aromatic amines is 1. The highest BCUT2D eigenvalue weighted by atomic mass is 32.2. The van der Waals surface area contributed by atoms with Crippen LogP contribution in [-0.2, 0) is 10.0 Å². The van der Waals surface area contributed by atoms with E-state index >= 15 is 0 Å². The van der Waals surface area contributed by atoms with Gasteiger partial charge in [0.05, 0.1) is 11.8 Å². The number of hydrogen-bond acceptors (Lipinski definition) is 4. The average molecular weight is 284 g/mol. The number of carbonyl (C=O) groups is 1. The van der Waals surface area contributed by atoms with Gasteiger partial charge in [0, 0.05) is 5.69 Å². The van der Waals surface area contributed by atoms with E-state index in [9.17, 15) is 17.6 Å². The first kappa shape index (κ1) is 13.0. The Balaban J connectivity index is 2.35. The molecule has 7 nitrogen and oxygen atoms in total. The highest BCUT2D eigenvalue weighted by Crippen LogP contribution is 2.17. The number of aromatic nitrogens is 2. The standard InChI is InChI=1S/C10H9FN4O3S/c11-6-1-3-7(4-2-6)15-19(17,18)10-8(9(12)16)5-13-14-10/h1-5,15H,(H2,12,16)(H,13,14). The maximum atomic E-state index is 12.7. The monoisotopic (exact) mass is 284 g/mol. The van der Waals surface area contributed by atoms with Gasteiger partial charge in [0.2, 0.25) is 0 Å². The number of benzene rings is 1. The van der Waals surface area contributed by atoms with E-state index in [0.29, 0.717) is 0 Å². The van der Waals surface area contributed by atoms with E-state index in [1.54, 1.807) is 0 Å². The van der Waals surface area contributed by atoms with Gasteiger partial charge < -0.3 is 5.73 Å². The molecule has 0 saturated carbocycles. The lowest BCUT2D eigenvalue weighted by Crippen LogP contribution is -2.19.